The van der Waals surface area contributed by atoms with E-state index in [0.29, 0.717) is 18.2 Å². The van der Waals surface area contributed by atoms with Gasteiger partial charge < -0.3 is 25.4 Å². The van der Waals surface area contributed by atoms with Crippen LogP contribution < -0.4 is 15.4 Å². The maximum atomic E-state index is 13.3. The van der Waals surface area contributed by atoms with E-state index in [1.165, 1.54) is 21.9 Å². The number of halogens is 2. The Balaban J connectivity index is 1.57. The van der Waals surface area contributed by atoms with Crippen LogP contribution in [0.15, 0.2) is 12.1 Å². The van der Waals surface area contributed by atoms with Crippen molar-refractivity contribution in [1.82, 2.24) is 9.88 Å². The number of rotatable bonds is 6. The zero-order chi connectivity index (χ0) is 20.1. The Labute approximate surface area is 160 Å². The van der Waals surface area contributed by atoms with Crippen molar-refractivity contribution in [2.45, 2.75) is 37.3 Å². The zero-order valence-electron chi connectivity index (χ0n) is 15.2. The van der Waals surface area contributed by atoms with E-state index in [0.717, 1.165) is 12.8 Å². The highest BCUT2D eigenvalue weighted by atomic mass is 19.3. The van der Waals surface area contributed by atoms with Crippen molar-refractivity contribution in [1.29, 1.82) is 0 Å². The number of nitrogens with two attached hydrogens (primary N) is 1. The lowest BCUT2D eigenvalue weighted by molar-refractivity contribution is -0.121. The van der Waals surface area contributed by atoms with Crippen LogP contribution in [0.4, 0.5) is 14.5 Å². The summed E-state index contributed by atoms with van der Waals surface area (Å²) in [6, 6.07) is 2.04. The highest BCUT2D eigenvalue weighted by Crippen LogP contribution is 2.38. The number of likely N-dealkylation sites (tertiary alicyclic amines) is 1. The SMILES string of the molecule is NC(=O)[C@@H]1C[C@H](O)CN1C(=O)c1ccc(N2CC(F)(F)C2)c(OCC2CC2)n1. The summed E-state index contributed by atoms with van der Waals surface area (Å²) in [5.41, 5.74) is 5.76. The molecule has 2 atom stereocenters. The summed E-state index contributed by atoms with van der Waals surface area (Å²) in [6.07, 6.45) is 1.32. The fourth-order valence-electron chi connectivity index (χ4n) is 3.52. The quantitative estimate of drug-likeness (QED) is 0.720. The number of carbonyl (C=O) groups is 2. The van der Waals surface area contributed by atoms with Crippen LogP contribution in [0.3, 0.4) is 0 Å². The summed E-state index contributed by atoms with van der Waals surface area (Å²) in [5, 5.41) is 9.80. The third-order valence-electron chi connectivity index (χ3n) is 5.27. The first-order valence-electron chi connectivity index (χ1n) is 9.28. The Hall–Kier alpha value is -2.49. The molecule has 2 aliphatic heterocycles. The Kier molecular flexibility index (Phi) is 4.60. The van der Waals surface area contributed by atoms with Crippen LogP contribution in [-0.2, 0) is 4.79 Å². The van der Waals surface area contributed by atoms with Gasteiger partial charge >= 0.3 is 0 Å². The molecule has 0 radical (unpaired) electrons. The minimum absolute atomic E-state index is 0.0159. The fraction of sp³-hybridized carbons (Fsp3) is 0.611. The number of anilines is 1. The normalized spacial score (nSPS) is 26.1. The van der Waals surface area contributed by atoms with Gasteiger partial charge in [0.1, 0.15) is 17.4 Å². The number of aliphatic hydroxyl groups is 1. The van der Waals surface area contributed by atoms with Crippen molar-refractivity contribution >= 4 is 17.5 Å². The van der Waals surface area contributed by atoms with E-state index in [2.05, 4.69) is 4.98 Å². The van der Waals surface area contributed by atoms with E-state index >= 15 is 0 Å². The number of β-amino-alcohol motifs (C(OH)–C–C–N with tert-alkyl or cyclic N) is 1. The van der Waals surface area contributed by atoms with Crippen LogP contribution in [0.5, 0.6) is 5.88 Å². The second-order valence-electron chi connectivity index (χ2n) is 7.75. The van der Waals surface area contributed by atoms with Crippen molar-refractivity contribution < 1.29 is 28.2 Å². The molecule has 4 rings (SSSR count). The average molecular weight is 396 g/mol. The molecule has 1 aromatic heterocycles. The Bertz CT molecular complexity index is 794. The summed E-state index contributed by atoms with van der Waals surface area (Å²) in [4.78, 5) is 31.3. The van der Waals surface area contributed by atoms with E-state index in [9.17, 15) is 23.5 Å². The number of ether oxygens (including phenoxy) is 1. The first-order valence-corrected chi connectivity index (χ1v) is 9.28. The van der Waals surface area contributed by atoms with E-state index in [-0.39, 0.29) is 24.5 Å². The molecule has 8 nitrogen and oxygen atoms in total. The Morgan fingerprint density at radius 2 is 2.04 bits per heavy atom. The average Bonchev–Trinajstić information content (AvgIpc) is 3.36. The maximum absolute atomic E-state index is 13.3. The van der Waals surface area contributed by atoms with Gasteiger partial charge in [-0.15, -0.1) is 0 Å². The summed E-state index contributed by atoms with van der Waals surface area (Å²) in [5.74, 6) is -3.46. The lowest BCUT2D eigenvalue weighted by Gasteiger charge is -2.40. The number of pyridine rings is 1. The van der Waals surface area contributed by atoms with Crippen LogP contribution in [0, 0.1) is 5.92 Å². The molecule has 28 heavy (non-hydrogen) atoms. The highest BCUT2D eigenvalue weighted by molar-refractivity contribution is 5.96. The number of aromatic nitrogens is 1. The number of nitrogens with zero attached hydrogens (tertiary/aromatic N) is 3. The largest absolute Gasteiger partial charge is 0.476 e. The topological polar surface area (TPSA) is 109 Å². The molecular weight excluding hydrogens is 374 g/mol. The molecule has 2 saturated heterocycles. The molecule has 2 amide bonds. The van der Waals surface area contributed by atoms with Gasteiger partial charge in [0.25, 0.3) is 11.8 Å². The van der Waals surface area contributed by atoms with Crippen LogP contribution >= 0.6 is 0 Å². The number of hydrogen-bond acceptors (Lipinski definition) is 6. The van der Waals surface area contributed by atoms with Crippen molar-refractivity contribution in [2.75, 3.05) is 31.1 Å². The molecule has 10 heteroatoms. The summed E-state index contributed by atoms with van der Waals surface area (Å²) >= 11 is 0. The van der Waals surface area contributed by atoms with E-state index in [4.69, 9.17) is 10.5 Å². The molecule has 0 aromatic carbocycles. The van der Waals surface area contributed by atoms with Gasteiger partial charge in [-0.25, -0.2) is 13.8 Å². The predicted molar refractivity (Wildman–Crippen MR) is 94.3 cm³/mol. The van der Waals surface area contributed by atoms with Gasteiger partial charge in [-0.3, -0.25) is 9.59 Å². The van der Waals surface area contributed by atoms with Gasteiger partial charge in [0.05, 0.1) is 25.8 Å². The fourth-order valence-corrected chi connectivity index (χ4v) is 3.52. The number of alkyl halides is 2. The van der Waals surface area contributed by atoms with Gasteiger partial charge in [-0.1, -0.05) is 0 Å². The first kappa shape index (κ1) is 18.9. The second kappa shape index (κ2) is 6.84. The predicted octanol–water partition coefficient (Wildman–Crippen LogP) is 0.386. The molecule has 1 aliphatic carbocycles. The van der Waals surface area contributed by atoms with Gasteiger partial charge in [-0.05, 0) is 30.9 Å². The minimum atomic E-state index is -2.75. The number of primary amides is 1. The Morgan fingerprint density at radius 1 is 1.32 bits per heavy atom. The van der Waals surface area contributed by atoms with Crippen molar-refractivity contribution in [3.63, 3.8) is 0 Å². The number of hydrogen-bond donors (Lipinski definition) is 2. The number of carbonyl (C=O) groups excluding carboxylic acids is 2. The molecule has 3 fully saturated rings. The van der Waals surface area contributed by atoms with Crippen molar-refractivity contribution in [3.8, 4) is 5.88 Å². The lowest BCUT2D eigenvalue weighted by atomic mass is 10.1. The van der Waals surface area contributed by atoms with E-state index in [1.54, 1.807) is 0 Å². The van der Waals surface area contributed by atoms with E-state index in [1.807, 2.05) is 0 Å². The maximum Gasteiger partial charge on any atom is 0.282 e. The van der Waals surface area contributed by atoms with Gasteiger partial charge in [0.15, 0.2) is 0 Å². The van der Waals surface area contributed by atoms with Gasteiger partial charge in [0, 0.05) is 13.0 Å². The van der Waals surface area contributed by atoms with Crippen LogP contribution in [-0.4, -0.2) is 71.1 Å². The molecule has 1 saturated carbocycles. The summed E-state index contributed by atoms with van der Waals surface area (Å²) in [6.45, 7) is -0.464. The highest BCUT2D eigenvalue weighted by Gasteiger charge is 2.45. The third kappa shape index (κ3) is 3.73. The summed E-state index contributed by atoms with van der Waals surface area (Å²) in [7, 11) is 0. The molecule has 3 heterocycles. The molecule has 3 aliphatic rings. The molecule has 1 aromatic rings. The molecule has 0 spiro atoms. The molecule has 0 unspecified atom stereocenters. The van der Waals surface area contributed by atoms with Crippen LogP contribution in [0.25, 0.3) is 0 Å². The first-order chi connectivity index (χ1) is 13.2. The Morgan fingerprint density at radius 3 is 2.64 bits per heavy atom. The molecular formula is C18H22F2N4O4. The lowest BCUT2D eigenvalue weighted by Crippen LogP contribution is -2.56. The van der Waals surface area contributed by atoms with Crippen molar-refractivity contribution in [3.05, 3.63) is 17.8 Å². The molecule has 3 N–H and O–H groups in total. The van der Waals surface area contributed by atoms with Crippen LogP contribution in [0.1, 0.15) is 29.8 Å². The summed E-state index contributed by atoms with van der Waals surface area (Å²) < 4.78 is 32.3. The number of aliphatic hydroxyl groups excluding tert-OH is 1. The second-order valence-corrected chi connectivity index (χ2v) is 7.75. The van der Waals surface area contributed by atoms with E-state index < -0.39 is 43.0 Å². The molecule has 0 bridgehead atoms. The minimum Gasteiger partial charge on any atom is -0.476 e. The number of amides is 2. The van der Waals surface area contributed by atoms with Crippen molar-refractivity contribution in [2.24, 2.45) is 11.7 Å². The zero-order valence-corrected chi connectivity index (χ0v) is 15.2. The van der Waals surface area contributed by atoms with Crippen LogP contribution in [0.2, 0.25) is 0 Å². The standard InChI is InChI=1S/C18H22F2N4O4/c19-18(20)8-23(9-18)13-4-3-12(22-16(13)28-7-10-1-2-10)17(27)24-6-11(25)5-14(24)15(21)26/h3-4,10-11,14,25H,1-2,5-9H2,(H2,21,26)/t11-,14-/m0/s1. The molecule has 152 valence electrons. The van der Waals surface area contributed by atoms with Gasteiger partial charge in [-0.2, -0.15) is 0 Å². The smallest absolute Gasteiger partial charge is 0.282 e. The van der Waals surface area contributed by atoms with Gasteiger partial charge in [0.2, 0.25) is 11.8 Å². The third-order valence-corrected chi connectivity index (χ3v) is 5.27. The monoisotopic (exact) mass is 396 g/mol.